The van der Waals surface area contributed by atoms with Gasteiger partial charge in [0.1, 0.15) is 0 Å². The van der Waals surface area contributed by atoms with Crippen molar-refractivity contribution in [3.05, 3.63) is 12.2 Å². The first-order chi connectivity index (χ1) is 5.13. The van der Waals surface area contributed by atoms with E-state index in [2.05, 4.69) is 20.4 Å². The second kappa shape index (κ2) is 3.40. The molecule has 1 fully saturated rings. The zero-order valence-electron chi connectivity index (χ0n) is 7.51. The SMILES string of the molecule is C=C(C)C1CCCC(O)C1C. The van der Waals surface area contributed by atoms with Crippen LogP contribution in [0.25, 0.3) is 0 Å². The second-order valence-corrected chi connectivity index (χ2v) is 3.81. The molecule has 1 aliphatic carbocycles. The third-order valence-corrected chi connectivity index (χ3v) is 2.89. The molecule has 0 aromatic carbocycles. The number of allylic oxidation sites excluding steroid dienone is 1. The standard InChI is InChI=1S/C10H18O/c1-7(2)9-5-4-6-10(11)8(9)3/h8-11H,1,4-6H2,2-3H3. The van der Waals surface area contributed by atoms with Crippen LogP contribution < -0.4 is 0 Å². The Kier molecular flexibility index (Phi) is 2.72. The molecule has 0 heterocycles. The van der Waals surface area contributed by atoms with E-state index in [-0.39, 0.29) is 6.10 Å². The predicted octanol–water partition coefficient (Wildman–Crippen LogP) is 2.36. The zero-order valence-corrected chi connectivity index (χ0v) is 7.51. The fraction of sp³-hybridized carbons (Fsp3) is 0.800. The first-order valence-corrected chi connectivity index (χ1v) is 4.46. The monoisotopic (exact) mass is 154 g/mol. The molecule has 1 aliphatic rings. The number of aliphatic hydroxyl groups excluding tert-OH is 1. The molecule has 3 unspecified atom stereocenters. The highest BCUT2D eigenvalue weighted by Crippen LogP contribution is 2.33. The molecule has 0 saturated heterocycles. The number of hydrogen-bond donors (Lipinski definition) is 1. The van der Waals surface area contributed by atoms with E-state index in [1.807, 2.05) is 0 Å². The van der Waals surface area contributed by atoms with Crippen molar-refractivity contribution in [2.24, 2.45) is 11.8 Å². The molecule has 0 radical (unpaired) electrons. The van der Waals surface area contributed by atoms with Crippen molar-refractivity contribution >= 4 is 0 Å². The highest BCUT2D eigenvalue weighted by molar-refractivity contribution is 5.01. The maximum Gasteiger partial charge on any atom is 0.0571 e. The molecule has 1 N–H and O–H groups in total. The van der Waals surface area contributed by atoms with Crippen molar-refractivity contribution in [1.29, 1.82) is 0 Å². The normalized spacial score (nSPS) is 38.6. The molecular formula is C10H18O. The topological polar surface area (TPSA) is 20.2 Å². The Morgan fingerprint density at radius 1 is 1.45 bits per heavy atom. The predicted molar refractivity (Wildman–Crippen MR) is 47.3 cm³/mol. The molecule has 1 heteroatoms. The quantitative estimate of drug-likeness (QED) is 0.575. The minimum atomic E-state index is -0.0922. The minimum Gasteiger partial charge on any atom is -0.393 e. The van der Waals surface area contributed by atoms with E-state index < -0.39 is 0 Å². The van der Waals surface area contributed by atoms with Gasteiger partial charge in [0.25, 0.3) is 0 Å². The van der Waals surface area contributed by atoms with E-state index in [9.17, 15) is 5.11 Å². The van der Waals surface area contributed by atoms with Gasteiger partial charge in [-0.3, -0.25) is 0 Å². The number of aliphatic hydroxyl groups is 1. The first-order valence-electron chi connectivity index (χ1n) is 4.46. The summed E-state index contributed by atoms with van der Waals surface area (Å²) in [6.07, 6.45) is 3.26. The Hall–Kier alpha value is -0.300. The van der Waals surface area contributed by atoms with E-state index in [4.69, 9.17) is 0 Å². The molecule has 3 atom stereocenters. The molecule has 0 bridgehead atoms. The summed E-state index contributed by atoms with van der Waals surface area (Å²) in [5.74, 6) is 0.972. The average molecular weight is 154 g/mol. The maximum atomic E-state index is 9.56. The summed E-state index contributed by atoms with van der Waals surface area (Å²) in [7, 11) is 0. The van der Waals surface area contributed by atoms with Crippen LogP contribution in [0, 0.1) is 11.8 Å². The van der Waals surface area contributed by atoms with Crippen molar-refractivity contribution in [3.8, 4) is 0 Å². The smallest absolute Gasteiger partial charge is 0.0571 e. The van der Waals surface area contributed by atoms with Crippen molar-refractivity contribution < 1.29 is 5.11 Å². The molecule has 0 spiro atoms. The maximum absolute atomic E-state index is 9.56. The van der Waals surface area contributed by atoms with E-state index in [1.165, 1.54) is 12.0 Å². The second-order valence-electron chi connectivity index (χ2n) is 3.81. The van der Waals surface area contributed by atoms with E-state index in [1.54, 1.807) is 0 Å². The minimum absolute atomic E-state index is 0.0922. The van der Waals surface area contributed by atoms with Crippen molar-refractivity contribution in [2.75, 3.05) is 0 Å². The number of rotatable bonds is 1. The van der Waals surface area contributed by atoms with Crippen LogP contribution in [-0.4, -0.2) is 11.2 Å². The fourth-order valence-corrected chi connectivity index (χ4v) is 2.04. The van der Waals surface area contributed by atoms with Gasteiger partial charge in [0.2, 0.25) is 0 Å². The molecular weight excluding hydrogens is 136 g/mol. The fourth-order valence-electron chi connectivity index (χ4n) is 2.04. The highest BCUT2D eigenvalue weighted by Gasteiger charge is 2.28. The Morgan fingerprint density at radius 2 is 2.09 bits per heavy atom. The summed E-state index contributed by atoms with van der Waals surface area (Å²) in [5.41, 5.74) is 1.23. The van der Waals surface area contributed by atoms with Gasteiger partial charge in [-0.15, -0.1) is 0 Å². The highest BCUT2D eigenvalue weighted by atomic mass is 16.3. The lowest BCUT2D eigenvalue weighted by Gasteiger charge is -2.33. The van der Waals surface area contributed by atoms with Crippen LogP contribution in [0.1, 0.15) is 33.1 Å². The summed E-state index contributed by atoms with van der Waals surface area (Å²) in [6, 6.07) is 0. The summed E-state index contributed by atoms with van der Waals surface area (Å²) in [5, 5.41) is 9.56. The van der Waals surface area contributed by atoms with Crippen LogP contribution in [-0.2, 0) is 0 Å². The molecule has 1 rings (SSSR count). The van der Waals surface area contributed by atoms with Crippen molar-refractivity contribution in [1.82, 2.24) is 0 Å². The summed E-state index contributed by atoms with van der Waals surface area (Å²) < 4.78 is 0. The van der Waals surface area contributed by atoms with E-state index in [0.717, 1.165) is 12.8 Å². The van der Waals surface area contributed by atoms with Crippen LogP contribution >= 0.6 is 0 Å². The molecule has 0 aromatic heterocycles. The van der Waals surface area contributed by atoms with Gasteiger partial charge in [-0.1, -0.05) is 25.5 Å². The van der Waals surface area contributed by atoms with Crippen LogP contribution in [0.4, 0.5) is 0 Å². The van der Waals surface area contributed by atoms with Crippen molar-refractivity contribution in [3.63, 3.8) is 0 Å². The Labute approximate surface area is 69.1 Å². The van der Waals surface area contributed by atoms with Crippen LogP contribution in [0.3, 0.4) is 0 Å². The molecule has 64 valence electrons. The van der Waals surface area contributed by atoms with Gasteiger partial charge in [-0.25, -0.2) is 0 Å². The van der Waals surface area contributed by atoms with Crippen LogP contribution in [0.15, 0.2) is 12.2 Å². The van der Waals surface area contributed by atoms with Gasteiger partial charge in [-0.05, 0) is 31.6 Å². The Balaban J connectivity index is 2.58. The van der Waals surface area contributed by atoms with Crippen LogP contribution in [0.5, 0.6) is 0 Å². The van der Waals surface area contributed by atoms with Gasteiger partial charge in [-0.2, -0.15) is 0 Å². The first kappa shape index (κ1) is 8.79. The molecule has 1 nitrogen and oxygen atoms in total. The number of hydrogen-bond acceptors (Lipinski definition) is 1. The average Bonchev–Trinajstić information content (AvgIpc) is 1.94. The lowest BCUT2D eigenvalue weighted by molar-refractivity contribution is 0.0538. The summed E-state index contributed by atoms with van der Waals surface area (Å²) in [6.45, 7) is 8.15. The summed E-state index contributed by atoms with van der Waals surface area (Å²) in [4.78, 5) is 0. The Morgan fingerprint density at radius 3 is 2.55 bits per heavy atom. The largest absolute Gasteiger partial charge is 0.393 e. The third-order valence-electron chi connectivity index (χ3n) is 2.89. The van der Waals surface area contributed by atoms with Gasteiger partial charge < -0.3 is 5.11 Å². The lowest BCUT2D eigenvalue weighted by Crippen LogP contribution is -2.30. The van der Waals surface area contributed by atoms with Crippen LogP contribution in [0.2, 0.25) is 0 Å². The molecule has 0 aromatic rings. The van der Waals surface area contributed by atoms with Crippen molar-refractivity contribution in [2.45, 2.75) is 39.2 Å². The molecule has 0 aliphatic heterocycles. The summed E-state index contributed by atoms with van der Waals surface area (Å²) >= 11 is 0. The lowest BCUT2D eigenvalue weighted by atomic mass is 9.75. The van der Waals surface area contributed by atoms with Gasteiger partial charge in [0.05, 0.1) is 6.10 Å². The molecule has 11 heavy (non-hydrogen) atoms. The van der Waals surface area contributed by atoms with Gasteiger partial charge in [0, 0.05) is 0 Å². The van der Waals surface area contributed by atoms with E-state index in [0.29, 0.717) is 11.8 Å². The zero-order chi connectivity index (χ0) is 8.43. The Bertz CT molecular complexity index is 151. The molecule has 1 saturated carbocycles. The van der Waals surface area contributed by atoms with Gasteiger partial charge in [0.15, 0.2) is 0 Å². The van der Waals surface area contributed by atoms with Gasteiger partial charge >= 0.3 is 0 Å². The molecule has 0 amide bonds. The third kappa shape index (κ3) is 1.84. The van der Waals surface area contributed by atoms with E-state index >= 15 is 0 Å².